The van der Waals surface area contributed by atoms with E-state index >= 15 is 0 Å². The first kappa shape index (κ1) is 18.9. The molecule has 144 valence electrons. The maximum atomic E-state index is 12.7. The number of aromatic nitrogens is 1. The molecule has 5 nitrogen and oxygen atoms in total. The number of halogens is 1. The maximum absolute atomic E-state index is 12.7. The standard InChI is InChI=1S/C19H22ClN3O2S2/c20-16-7-6-15(27-16)19(25)23-8-2-5-13(10-23)18-22-14(11-26-18)9-21-17(24)12-3-1-4-12/h6-7,11-13H,1-5,8-10H2,(H,21,24). The summed E-state index contributed by atoms with van der Waals surface area (Å²) < 4.78 is 0.639. The third kappa shape index (κ3) is 4.36. The number of carbonyl (C=O) groups excluding carboxylic acids is 2. The second-order valence-electron chi connectivity index (χ2n) is 7.22. The molecule has 1 saturated carbocycles. The zero-order valence-electron chi connectivity index (χ0n) is 14.9. The SMILES string of the molecule is O=C(NCc1csc(C2CCCN(C(=O)c3ccc(Cl)s3)C2)n1)C1CCC1. The molecule has 1 saturated heterocycles. The quantitative estimate of drug-likeness (QED) is 0.780. The van der Waals surface area contributed by atoms with Crippen LogP contribution in [0.4, 0.5) is 0 Å². The van der Waals surface area contributed by atoms with Crippen LogP contribution in [0.25, 0.3) is 0 Å². The van der Waals surface area contributed by atoms with Crippen molar-refractivity contribution in [2.24, 2.45) is 5.92 Å². The summed E-state index contributed by atoms with van der Waals surface area (Å²) in [6.45, 7) is 1.96. The zero-order chi connectivity index (χ0) is 18.8. The Labute approximate surface area is 171 Å². The molecular weight excluding hydrogens is 402 g/mol. The third-order valence-corrected chi connectivity index (χ3v) is 7.61. The number of nitrogens with zero attached hydrogens (tertiary/aromatic N) is 2. The lowest BCUT2D eigenvalue weighted by molar-refractivity contribution is -0.127. The lowest BCUT2D eigenvalue weighted by atomic mass is 9.85. The van der Waals surface area contributed by atoms with Gasteiger partial charge >= 0.3 is 0 Å². The number of likely N-dealkylation sites (tertiary alicyclic amines) is 1. The van der Waals surface area contributed by atoms with Crippen LogP contribution in [-0.2, 0) is 11.3 Å². The van der Waals surface area contributed by atoms with E-state index in [2.05, 4.69) is 5.32 Å². The van der Waals surface area contributed by atoms with E-state index in [-0.39, 0.29) is 23.7 Å². The number of thiazole rings is 1. The minimum atomic E-state index is 0.0566. The monoisotopic (exact) mass is 423 g/mol. The second-order valence-corrected chi connectivity index (χ2v) is 9.82. The molecule has 8 heteroatoms. The highest BCUT2D eigenvalue weighted by Crippen LogP contribution is 2.31. The molecule has 27 heavy (non-hydrogen) atoms. The fourth-order valence-electron chi connectivity index (χ4n) is 3.53. The highest BCUT2D eigenvalue weighted by atomic mass is 35.5. The highest BCUT2D eigenvalue weighted by Gasteiger charge is 2.28. The van der Waals surface area contributed by atoms with Crippen molar-refractivity contribution in [2.45, 2.75) is 44.6 Å². The summed E-state index contributed by atoms with van der Waals surface area (Å²) in [7, 11) is 0. The van der Waals surface area contributed by atoms with Crippen LogP contribution in [0.5, 0.6) is 0 Å². The fraction of sp³-hybridized carbons (Fsp3) is 0.526. The normalized spacial score (nSPS) is 20.3. The molecule has 2 aromatic heterocycles. The average Bonchev–Trinajstić information content (AvgIpc) is 3.27. The minimum Gasteiger partial charge on any atom is -0.350 e. The van der Waals surface area contributed by atoms with Gasteiger partial charge in [-0.3, -0.25) is 9.59 Å². The number of carbonyl (C=O) groups is 2. The van der Waals surface area contributed by atoms with Crippen molar-refractivity contribution in [3.05, 3.63) is 37.4 Å². The van der Waals surface area contributed by atoms with Crippen LogP contribution >= 0.6 is 34.3 Å². The van der Waals surface area contributed by atoms with Gasteiger partial charge in [-0.15, -0.1) is 22.7 Å². The molecule has 0 spiro atoms. The average molecular weight is 424 g/mol. The first-order valence-corrected chi connectivity index (χ1v) is 11.4. The molecule has 0 aromatic carbocycles. The smallest absolute Gasteiger partial charge is 0.263 e. The summed E-state index contributed by atoms with van der Waals surface area (Å²) in [6.07, 6.45) is 5.19. The first-order chi connectivity index (χ1) is 13.1. The highest BCUT2D eigenvalue weighted by molar-refractivity contribution is 7.18. The predicted molar refractivity (Wildman–Crippen MR) is 109 cm³/mol. The molecule has 2 amide bonds. The lowest BCUT2D eigenvalue weighted by Crippen LogP contribution is -2.38. The van der Waals surface area contributed by atoms with Crippen LogP contribution in [-0.4, -0.2) is 34.8 Å². The van der Waals surface area contributed by atoms with Gasteiger partial charge in [0.1, 0.15) is 0 Å². The van der Waals surface area contributed by atoms with Gasteiger partial charge in [-0.05, 0) is 37.8 Å². The van der Waals surface area contributed by atoms with Gasteiger partial charge < -0.3 is 10.2 Å². The van der Waals surface area contributed by atoms with E-state index in [0.717, 1.165) is 49.4 Å². The Hall–Kier alpha value is -1.44. The molecule has 3 heterocycles. The number of hydrogen-bond acceptors (Lipinski definition) is 5. The molecule has 1 aliphatic carbocycles. The second kappa shape index (κ2) is 8.29. The van der Waals surface area contributed by atoms with Gasteiger partial charge in [0, 0.05) is 30.3 Å². The number of amides is 2. The van der Waals surface area contributed by atoms with Crippen molar-refractivity contribution < 1.29 is 9.59 Å². The van der Waals surface area contributed by atoms with Crippen molar-refractivity contribution in [1.82, 2.24) is 15.2 Å². The van der Waals surface area contributed by atoms with E-state index in [1.165, 1.54) is 11.3 Å². The Morgan fingerprint density at radius 1 is 1.26 bits per heavy atom. The summed E-state index contributed by atoms with van der Waals surface area (Å²) in [5, 5.41) is 6.08. The van der Waals surface area contributed by atoms with Crippen molar-refractivity contribution >= 4 is 46.1 Å². The molecule has 1 aliphatic heterocycles. The van der Waals surface area contributed by atoms with E-state index in [4.69, 9.17) is 16.6 Å². The Morgan fingerprint density at radius 3 is 2.81 bits per heavy atom. The van der Waals surface area contributed by atoms with Crippen LogP contribution in [0.1, 0.15) is 58.4 Å². The van der Waals surface area contributed by atoms with Crippen LogP contribution in [0.15, 0.2) is 17.5 Å². The van der Waals surface area contributed by atoms with E-state index in [9.17, 15) is 9.59 Å². The summed E-state index contributed by atoms with van der Waals surface area (Å²) in [5.41, 5.74) is 0.913. The lowest BCUT2D eigenvalue weighted by Gasteiger charge is -2.31. The molecule has 1 atom stereocenters. The fourth-order valence-corrected chi connectivity index (χ4v) is 5.49. The van der Waals surface area contributed by atoms with Gasteiger partial charge in [0.2, 0.25) is 5.91 Å². The van der Waals surface area contributed by atoms with Gasteiger partial charge in [0.15, 0.2) is 0 Å². The van der Waals surface area contributed by atoms with Crippen molar-refractivity contribution in [3.63, 3.8) is 0 Å². The van der Waals surface area contributed by atoms with Crippen molar-refractivity contribution in [3.8, 4) is 0 Å². The van der Waals surface area contributed by atoms with E-state index in [1.54, 1.807) is 23.5 Å². The number of piperidine rings is 1. The topological polar surface area (TPSA) is 62.3 Å². The van der Waals surface area contributed by atoms with Gasteiger partial charge in [-0.1, -0.05) is 18.0 Å². The Balaban J connectivity index is 1.35. The van der Waals surface area contributed by atoms with Crippen LogP contribution in [0.2, 0.25) is 4.34 Å². The van der Waals surface area contributed by atoms with Crippen molar-refractivity contribution in [2.75, 3.05) is 13.1 Å². The largest absolute Gasteiger partial charge is 0.350 e. The van der Waals surface area contributed by atoms with E-state index in [1.807, 2.05) is 10.3 Å². The van der Waals surface area contributed by atoms with Crippen LogP contribution < -0.4 is 5.32 Å². The third-order valence-electron chi connectivity index (χ3n) is 5.33. The Bertz CT molecular complexity index is 831. The molecule has 4 rings (SSSR count). The van der Waals surface area contributed by atoms with Gasteiger partial charge in [0.25, 0.3) is 5.91 Å². The Morgan fingerprint density at radius 2 is 2.11 bits per heavy atom. The van der Waals surface area contributed by atoms with Gasteiger partial charge in [-0.2, -0.15) is 0 Å². The van der Waals surface area contributed by atoms with Crippen molar-refractivity contribution in [1.29, 1.82) is 0 Å². The summed E-state index contributed by atoms with van der Waals surface area (Å²) in [4.78, 5) is 32.0. The van der Waals surface area contributed by atoms with E-state index < -0.39 is 0 Å². The molecule has 2 fully saturated rings. The minimum absolute atomic E-state index is 0.0566. The summed E-state index contributed by atoms with van der Waals surface area (Å²) in [6, 6.07) is 3.57. The van der Waals surface area contributed by atoms with E-state index in [0.29, 0.717) is 22.3 Å². The molecule has 2 aliphatic rings. The van der Waals surface area contributed by atoms with Crippen LogP contribution in [0, 0.1) is 5.92 Å². The molecular formula is C19H22ClN3O2S2. The molecule has 1 N–H and O–H groups in total. The number of thiophene rings is 1. The number of nitrogens with one attached hydrogen (secondary N) is 1. The predicted octanol–water partition coefficient (Wildman–Crippen LogP) is 4.29. The molecule has 2 aromatic rings. The molecule has 0 radical (unpaired) electrons. The Kier molecular flexibility index (Phi) is 5.80. The number of rotatable bonds is 5. The summed E-state index contributed by atoms with van der Waals surface area (Å²) >= 11 is 8.93. The number of hydrogen-bond donors (Lipinski definition) is 1. The molecule has 0 bridgehead atoms. The zero-order valence-corrected chi connectivity index (χ0v) is 17.3. The van der Waals surface area contributed by atoms with Crippen LogP contribution in [0.3, 0.4) is 0 Å². The van der Waals surface area contributed by atoms with Gasteiger partial charge in [-0.25, -0.2) is 4.98 Å². The van der Waals surface area contributed by atoms with Gasteiger partial charge in [0.05, 0.1) is 26.5 Å². The maximum Gasteiger partial charge on any atom is 0.263 e. The molecule has 1 unspecified atom stereocenters. The first-order valence-electron chi connectivity index (χ1n) is 9.37. The summed E-state index contributed by atoms with van der Waals surface area (Å²) in [5.74, 6) is 0.673.